The monoisotopic (exact) mass is 347 g/mol. The van der Waals surface area contributed by atoms with Gasteiger partial charge in [0.25, 0.3) is 0 Å². The molecule has 6 heteroatoms. The quantitative estimate of drug-likeness (QED) is 0.844. The molecule has 0 unspecified atom stereocenters. The first-order valence-electron chi connectivity index (χ1n) is 8.53. The van der Waals surface area contributed by atoms with Crippen LogP contribution in [-0.4, -0.2) is 26.9 Å². The van der Waals surface area contributed by atoms with Crippen LogP contribution in [0.2, 0.25) is 0 Å². The molecule has 1 amide bonds. The summed E-state index contributed by atoms with van der Waals surface area (Å²) in [7, 11) is 0. The molecular formula is C18H25N3O2S. The molecular weight excluding hydrogens is 322 g/mol. The lowest BCUT2D eigenvalue weighted by atomic mass is 9.77. The number of carbonyl (C=O) groups excluding carboxylic acids is 1. The number of nitrogens with zero attached hydrogens (tertiary/aromatic N) is 2. The zero-order valence-corrected chi connectivity index (χ0v) is 15.3. The van der Waals surface area contributed by atoms with E-state index in [0.717, 1.165) is 35.5 Å². The summed E-state index contributed by atoms with van der Waals surface area (Å²) in [6.07, 6.45) is 2.21. The van der Waals surface area contributed by atoms with Gasteiger partial charge in [-0.3, -0.25) is 9.48 Å². The van der Waals surface area contributed by atoms with Gasteiger partial charge in [0.1, 0.15) is 6.54 Å². The molecule has 1 atom stereocenters. The number of carbonyl (C=O) groups is 1. The summed E-state index contributed by atoms with van der Waals surface area (Å²) in [5, 5.41) is 19.3. The summed E-state index contributed by atoms with van der Waals surface area (Å²) < 4.78 is 1.80. The summed E-state index contributed by atoms with van der Waals surface area (Å²) >= 11 is 1.65. The van der Waals surface area contributed by atoms with E-state index in [1.165, 1.54) is 5.56 Å². The average Bonchev–Trinajstić information content (AvgIpc) is 3.11. The van der Waals surface area contributed by atoms with Crippen LogP contribution in [0.5, 0.6) is 0 Å². The number of aromatic nitrogens is 2. The number of hydrogen-bond acceptors (Lipinski definition) is 4. The molecule has 2 aromatic heterocycles. The number of aryl methyl sites for hydroxylation is 1. The number of hydrogen-bond donors (Lipinski definition) is 2. The van der Waals surface area contributed by atoms with E-state index in [1.54, 1.807) is 16.0 Å². The minimum Gasteiger partial charge on any atom is -0.393 e. The molecule has 1 aliphatic rings. The van der Waals surface area contributed by atoms with Gasteiger partial charge in [-0.2, -0.15) is 5.10 Å². The largest absolute Gasteiger partial charge is 0.393 e. The average molecular weight is 347 g/mol. The Kier molecular flexibility index (Phi) is 5.06. The molecule has 2 N–H and O–H groups in total. The zero-order chi connectivity index (χ0) is 17.3. The second-order valence-electron chi connectivity index (χ2n) is 6.61. The topological polar surface area (TPSA) is 67.2 Å². The molecule has 24 heavy (non-hydrogen) atoms. The molecule has 1 saturated carbocycles. The van der Waals surface area contributed by atoms with E-state index >= 15 is 0 Å². The van der Waals surface area contributed by atoms with Crippen LogP contribution >= 0.6 is 11.3 Å². The number of nitrogens with one attached hydrogen (secondary N) is 1. The molecule has 5 nitrogen and oxygen atoms in total. The summed E-state index contributed by atoms with van der Waals surface area (Å²) in [6.45, 7) is 6.36. The van der Waals surface area contributed by atoms with Gasteiger partial charge >= 0.3 is 0 Å². The molecule has 0 aromatic carbocycles. The van der Waals surface area contributed by atoms with Crippen molar-refractivity contribution in [1.29, 1.82) is 0 Å². The van der Waals surface area contributed by atoms with Crippen LogP contribution < -0.4 is 5.32 Å². The molecule has 3 rings (SSSR count). The zero-order valence-electron chi connectivity index (χ0n) is 14.5. The normalized spacial score (nSPS) is 21.3. The fraction of sp³-hybridized carbons (Fsp3) is 0.556. The van der Waals surface area contributed by atoms with Crippen molar-refractivity contribution >= 4 is 17.2 Å². The third-order valence-corrected chi connectivity index (χ3v) is 5.92. The van der Waals surface area contributed by atoms with Gasteiger partial charge in [0.05, 0.1) is 17.8 Å². The highest BCUT2D eigenvalue weighted by Crippen LogP contribution is 2.39. The molecule has 0 saturated heterocycles. The van der Waals surface area contributed by atoms with Crippen molar-refractivity contribution in [3.05, 3.63) is 39.3 Å². The summed E-state index contributed by atoms with van der Waals surface area (Å²) in [5.74, 6) is 0.289. The maximum atomic E-state index is 12.6. The smallest absolute Gasteiger partial charge is 0.242 e. The van der Waals surface area contributed by atoms with Gasteiger partial charge in [-0.15, -0.1) is 11.3 Å². The Labute approximate surface area is 146 Å². The van der Waals surface area contributed by atoms with Crippen molar-refractivity contribution in [2.45, 2.75) is 58.7 Å². The Morgan fingerprint density at radius 3 is 2.79 bits per heavy atom. The van der Waals surface area contributed by atoms with E-state index in [0.29, 0.717) is 5.92 Å². The standard InChI is InChI=1S/C18H25N3O2S/c1-4-15-11(2)20-21(12(15)3)10-17(23)19-18(13-8-14(22)9-13)16-6-5-7-24-16/h5-7,13-14,18,22H,4,8-10H2,1-3H3,(H,19,23)/t13?,14?,18-/m0/s1. The van der Waals surface area contributed by atoms with Crippen LogP contribution in [0.1, 0.15) is 47.6 Å². The predicted molar refractivity (Wildman–Crippen MR) is 95.0 cm³/mol. The van der Waals surface area contributed by atoms with Gasteiger partial charge in [0.2, 0.25) is 5.91 Å². The van der Waals surface area contributed by atoms with E-state index in [9.17, 15) is 9.90 Å². The molecule has 0 radical (unpaired) electrons. The minimum atomic E-state index is -0.225. The number of amides is 1. The SMILES string of the molecule is CCc1c(C)nn(CC(=O)N[C@H](c2cccs2)C2CC(O)C2)c1C. The van der Waals surface area contributed by atoms with Gasteiger partial charge in [-0.25, -0.2) is 0 Å². The number of rotatable bonds is 6. The van der Waals surface area contributed by atoms with Crippen molar-refractivity contribution in [3.8, 4) is 0 Å². The third-order valence-electron chi connectivity index (χ3n) is 4.97. The van der Waals surface area contributed by atoms with Crippen LogP contribution in [0.15, 0.2) is 17.5 Å². The first-order chi connectivity index (χ1) is 11.5. The van der Waals surface area contributed by atoms with Crippen LogP contribution in [0.4, 0.5) is 0 Å². The first-order valence-corrected chi connectivity index (χ1v) is 9.41. The molecule has 0 aliphatic heterocycles. The van der Waals surface area contributed by atoms with Crippen LogP contribution in [-0.2, 0) is 17.8 Å². The minimum absolute atomic E-state index is 0.0106. The van der Waals surface area contributed by atoms with Crippen molar-refractivity contribution in [2.75, 3.05) is 0 Å². The maximum absolute atomic E-state index is 12.6. The van der Waals surface area contributed by atoms with Crippen LogP contribution in [0, 0.1) is 19.8 Å². The Bertz CT molecular complexity index is 702. The number of aliphatic hydroxyl groups excluding tert-OH is 1. The molecule has 2 aromatic rings. The lowest BCUT2D eigenvalue weighted by molar-refractivity contribution is -0.123. The van der Waals surface area contributed by atoms with Gasteiger partial charge in [0, 0.05) is 10.6 Å². The first kappa shape index (κ1) is 17.2. The van der Waals surface area contributed by atoms with Gasteiger partial charge in [-0.05, 0) is 56.0 Å². The van der Waals surface area contributed by atoms with Crippen LogP contribution in [0.25, 0.3) is 0 Å². The number of aliphatic hydroxyl groups is 1. The Morgan fingerprint density at radius 2 is 2.25 bits per heavy atom. The summed E-state index contributed by atoms with van der Waals surface area (Å²) in [4.78, 5) is 13.7. The predicted octanol–water partition coefficient (Wildman–Crippen LogP) is 2.75. The fourth-order valence-corrected chi connectivity index (χ4v) is 4.42. The Hall–Kier alpha value is -1.66. The molecule has 1 fully saturated rings. The molecule has 130 valence electrons. The molecule has 1 aliphatic carbocycles. The Balaban J connectivity index is 1.70. The fourth-order valence-electron chi connectivity index (χ4n) is 3.55. The van der Waals surface area contributed by atoms with Crippen molar-refractivity contribution in [3.63, 3.8) is 0 Å². The van der Waals surface area contributed by atoms with Crippen molar-refractivity contribution < 1.29 is 9.90 Å². The Morgan fingerprint density at radius 1 is 1.50 bits per heavy atom. The van der Waals surface area contributed by atoms with Crippen molar-refractivity contribution in [1.82, 2.24) is 15.1 Å². The lowest BCUT2D eigenvalue weighted by Gasteiger charge is -2.37. The molecule has 0 spiro atoms. The maximum Gasteiger partial charge on any atom is 0.242 e. The van der Waals surface area contributed by atoms with E-state index in [2.05, 4.69) is 23.4 Å². The van der Waals surface area contributed by atoms with Gasteiger partial charge < -0.3 is 10.4 Å². The molecule has 0 bridgehead atoms. The highest BCUT2D eigenvalue weighted by Gasteiger charge is 2.36. The van der Waals surface area contributed by atoms with Gasteiger partial charge in [-0.1, -0.05) is 13.0 Å². The second-order valence-corrected chi connectivity index (χ2v) is 7.59. The highest BCUT2D eigenvalue weighted by molar-refractivity contribution is 7.10. The second kappa shape index (κ2) is 7.07. The third kappa shape index (κ3) is 3.39. The lowest BCUT2D eigenvalue weighted by Crippen LogP contribution is -2.42. The van der Waals surface area contributed by atoms with E-state index in [-0.39, 0.29) is 24.6 Å². The van der Waals surface area contributed by atoms with Crippen LogP contribution in [0.3, 0.4) is 0 Å². The van der Waals surface area contributed by atoms with Gasteiger partial charge in [0.15, 0.2) is 0 Å². The van der Waals surface area contributed by atoms with E-state index < -0.39 is 0 Å². The summed E-state index contributed by atoms with van der Waals surface area (Å²) in [6, 6.07) is 4.05. The highest BCUT2D eigenvalue weighted by atomic mass is 32.1. The van der Waals surface area contributed by atoms with E-state index in [4.69, 9.17) is 0 Å². The van der Waals surface area contributed by atoms with E-state index in [1.807, 2.05) is 25.3 Å². The number of thiophene rings is 1. The van der Waals surface area contributed by atoms with Crippen molar-refractivity contribution in [2.24, 2.45) is 5.92 Å². The summed E-state index contributed by atoms with van der Waals surface area (Å²) in [5.41, 5.74) is 3.29. The molecule has 2 heterocycles.